The summed E-state index contributed by atoms with van der Waals surface area (Å²) >= 11 is 3.09. The molecule has 0 spiro atoms. The largest absolute Gasteiger partial charge is 0.339 e. The Kier molecular flexibility index (Phi) is 4.38. The zero-order valence-corrected chi connectivity index (χ0v) is 12.0. The lowest BCUT2D eigenvalue weighted by atomic mass is 10.0. The summed E-state index contributed by atoms with van der Waals surface area (Å²) in [5.74, 6) is 0.226. The number of carbonyl (C=O) groups excluding carboxylic acids is 1. The van der Waals surface area contributed by atoms with Gasteiger partial charge in [-0.05, 0) is 59.3 Å². The van der Waals surface area contributed by atoms with E-state index in [0.29, 0.717) is 16.0 Å². The van der Waals surface area contributed by atoms with Crippen LogP contribution < -0.4 is 0 Å². The highest BCUT2D eigenvalue weighted by atomic mass is 79.9. The standard InChI is InChI=1S/C14H17BrFNO/c1-10-3-2-7-17(8-6-10)14(18)11-4-5-12(15)13(16)9-11/h4-5,9-10H,2-3,6-8H2,1H3. The van der Waals surface area contributed by atoms with Gasteiger partial charge >= 0.3 is 0 Å². The Balaban J connectivity index is 2.12. The van der Waals surface area contributed by atoms with E-state index in [1.54, 1.807) is 12.1 Å². The molecule has 1 heterocycles. The molecule has 4 heteroatoms. The minimum absolute atomic E-state index is 0.0597. The Labute approximate surface area is 115 Å². The molecule has 18 heavy (non-hydrogen) atoms. The van der Waals surface area contributed by atoms with Crippen LogP contribution in [0.1, 0.15) is 36.5 Å². The lowest BCUT2D eigenvalue weighted by Crippen LogP contribution is -2.32. The van der Waals surface area contributed by atoms with Gasteiger partial charge in [0.25, 0.3) is 5.91 Å². The maximum atomic E-state index is 13.4. The van der Waals surface area contributed by atoms with Crippen LogP contribution >= 0.6 is 15.9 Å². The normalized spacial score (nSPS) is 20.6. The lowest BCUT2D eigenvalue weighted by molar-refractivity contribution is 0.0760. The van der Waals surface area contributed by atoms with Crippen molar-refractivity contribution < 1.29 is 9.18 Å². The lowest BCUT2D eigenvalue weighted by Gasteiger charge is -2.20. The monoisotopic (exact) mass is 313 g/mol. The number of carbonyl (C=O) groups is 1. The summed E-state index contributed by atoms with van der Waals surface area (Å²) in [6.45, 7) is 3.77. The van der Waals surface area contributed by atoms with Crippen LogP contribution in [0.15, 0.2) is 22.7 Å². The van der Waals surface area contributed by atoms with E-state index in [1.807, 2.05) is 4.90 Å². The average Bonchev–Trinajstić information content (AvgIpc) is 2.57. The van der Waals surface area contributed by atoms with Gasteiger partial charge in [-0.15, -0.1) is 0 Å². The molecule has 0 N–H and O–H groups in total. The highest BCUT2D eigenvalue weighted by molar-refractivity contribution is 9.10. The molecule has 0 radical (unpaired) electrons. The first kappa shape index (κ1) is 13.5. The van der Waals surface area contributed by atoms with E-state index in [2.05, 4.69) is 22.9 Å². The van der Waals surface area contributed by atoms with Crippen LogP contribution in [0.5, 0.6) is 0 Å². The van der Waals surface area contributed by atoms with Crippen molar-refractivity contribution in [3.63, 3.8) is 0 Å². The van der Waals surface area contributed by atoms with Gasteiger partial charge in [-0.2, -0.15) is 0 Å². The molecule has 1 amide bonds. The quantitative estimate of drug-likeness (QED) is 0.771. The Bertz CT molecular complexity index is 449. The van der Waals surface area contributed by atoms with Crippen molar-refractivity contribution >= 4 is 21.8 Å². The Hall–Kier alpha value is -0.900. The van der Waals surface area contributed by atoms with Gasteiger partial charge in [0, 0.05) is 18.7 Å². The molecule has 0 bridgehead atoms. The van der Waals surface area contributed by atoms with E-state index in [9.17, 15) is 9.18 Å². The summed E-state index contributed by atoms with van der Waals surface area (Å²) in [4.78, 5) is 14.1. The van der Waals surface area contributed by atoms with Crippen molar-refractivity contribution in [1.29, 1.82) is 0 Å². The minimum Gasteiger partial charge on any atom is -0.339 e. The van der Waals surface area contributed by atoms with Crippen molar-refractivity contribution in [2.24, 2.45) is 5.92 Å². The smallest absolute Gasteiger partial charge is 0.253 e. The van der Waals surface area contributed by atoms with Crippen molar-refractivity contribution in [2.75, 3.05) is 13.1 Å². The van der Waals surface area contributed by atoms with E-state index in [-0.39, 0.29) is 11.7 Å². The fraction of sp³-hybridized carbons (Fsp3) is 0.500. The van der Waals surface area contributed by atoms with Gasteiger partial charge in [-0.1, -0.05) is 6.92 Å². The van der Waals surface area contributed by atoms with Crippen LogP contribution in [0.4, 0.5) is 4.39 Å². The summed E-state index contributed by atoms with van der Waals surface area (Å²) in [5.41, 5.74) is 0.435. The molecule has 1 saturated heterocycles. The van der Waals surface area contributed by atoms with Crippen LogP contribution in [0.25, 0.3) is 0 Å². The highest BCUT2D eigenvalue weighted by Crippen LogP contribution is 2.20. The van der Waals surface area contributed by atoms with Crippen LogP contribution in [0, 0.1) is 11.7 Å². The van der Waals surface area contributed by atoms with E-state index in [4.69, 9.17) is 0 Å². The van der Waals surface area contributed by atoms with E-state index in [1.165, 1.54) is 12.5 Å². The third-order valence-electron chi connectivity index (χ3n) is 3.47. The van der Waals surface area contributed by atoms with Crippen LogP contribution in [-0.4, -0.2) is 23.9 Å². The molecule has 0 aromatic heterocycles. The van der Waals surface area contributed by atoms with Crippen LogP contribution in [-0.2, 0) is 0 Å². The predicted octanol–water partition coefficient (Wildman–Crippen LogP) is 3.85. The van der Waals surface area contributed by atoms with Crippen molar-refractivity contribution in [1.82, 2.24) is 4.90 Å². The molecule has 2 rings (SSSR count). The molecular formula is C14H17BrFNO. The van der Waals surface area contributed by atoms with E-state index < -0.39 is 0 Å². The fourth-order valence-electron chi connectivity index (χ4n) is 2.28. The number of halogens is 2. The Morgan fingerprint density at radius 1 is 1.39 bits per heavy atom. The number of rotatable bonds is 1. The molecule has 0 saturated carbocycles. The van der Waals surface area contributed by atoms with Gasteiger partial charge in [0.05, 0.1) is 4.47 Å². The number of hydrogen-bond donors (Lipinski definition) is 0. The molecule has 1 aromatic carbocycles. The van der Waals surface area contributed by atoms with Crippen LogP contribution in [0.2, 0.25) is 0 Å². The van der Waals surface area contributed by atoms with Crippen molar-refractivity contribution in [3.05, 3.63) is 34.1 Å². The summed E-state index contributed by atoms with van der Waals surface area (Å²) in [5, 5.41) is 0. The maximum absolute atomic E-state index is 13.4. The second-order valence-electron chi connectivity index (χ2n) is 4.96. The zero-order valence-electron chi connectivity index (χ0n) is 10.5. The molecule has 2 nitrogen and oxygen atoms in total. The molecular weight excluding hydrogens is 297 g/mol. The summed E-state index contributed by atoms with van der Waals surface area (Å²) in [6.07, 6.45) is 3.23. The third-order valence-corrected chi connectivity index (χ3v) is 4.11. The maximum Gasteiger partial charge on any atom is 0.253 e. The molecule has 0 aliphatic carbocycles. The van der Waals surface area contributed by atoms with Gasteiger partial charge in [-0.3, -0.25) is 4.79 Å². The first-order valence-electron chi connectivity index (χ1n) is 6.32. The molecule has 1 aliphatic rings. The number of likely N-dealkylation sites (tertiary alicyclic amines) is 1. The number of hydrogen-bond acceptors (Lipinski definition) is 1. The van der Waals surface area contributed by atoms with Gasteiger partial charge in [0.15, 0.2) is 0 Å². The first-order chi connectivity index (χ1) is 8.58. The van der Waals surface area contributed by atoms with Gasteiger partial charge in [-0.25, -0.2) is 4.39 Å². The molecule has 1 fully saturated rings. The number of amides is 1. The average molecular weight is 314 g/mol. The van der Waals surface area contributed by atoms with E-state index >= 15 is 0 Å². The summed E-state index contributed by atoms with van der Waals surface area (Å²) < 4.78 is 13.8. The van der Waals surface area contributed by atoms with Gasteiger partial charge < -0.3 is 4.90 Å². The third kappa shape index (κ3) is 3.10. The summed E-state index contributed by atoms with van der Waals surface area (Å²) in [6, 6.07) is 4.56. The second-order valence-corrected chi connectivity index (χ2v) is 5.81. The SMILES string of the molecule is CC1CCCN(C(=O)c2ccc(Br)c(F)c2)CC1. The topological polar surface area (TPSA) is 20.3 Å². The van der Waals surface area contributed by atoms with Crippen LogP contribution in [0.3, 0.4) is 0 Å². The summed E-state index contributed by atoms with van der Waals surface area (Å²) in [7, 11) is 0. The molecule has 98 valence electrons. The molecule has 1 aliphatic heterocycles. The first-order valence-corrected chi connectivity index (χ1v) is 7.11. The van der Waals surface area contributed by atoms with Crippen molar-refractivity contribution in [3.8, 4) is 0 Å². The number of nitrogens with zero attached hydrogens (tertiary/aromatic N) is 1. The van der Waals surface area contributed by atoms with Gasteiger partial charge in [0.2, 0.25) is 0 Å². The number of benzene rings is 1. The fourth-order valence-corrected chi connectivity index (χ4v) is 2.52. The Morgan fingerprint density at radius 3 is 2.89 bits per heavy atom. The second kappa shape index (κ2) is 5.83. The van der Waals surface area contributed by atoms with Crippen molar-refractivity contribution in [2.45, 2.75) is 26.2 Å². The Morgan fingerprint density at radius 2 is 2.17 bits per heavy atom. The van der Waals surface area contributed by atoms with Gasteiger partial charge in [0.1, 0.15) is 5.82 Å². The molecule has 1 aromatic rings. The highest BCUT2D eigenvalue weighted by Gasteiger charge is 2.20. The predicted molar refractivity (Wildman–Crippen MR) is 73.0 cm³/mol. The minimum atomic E-state index is -0.385. The van der Waals surface area contributed by atoms with E-state index in [0.717, 1.165) is 25.9 Å². The molecule has 1 unspecified atom stereocenters. The molecule has 1 atom stereocenters. The zero-order chi connectivity index (χ0) is 13.1.